The van der Waals surface area contributed by atoms with E-state index in [0.717, 1.165) is 30.3 Å². The minimum absolute atomic E-state index is 0.429. The van der Waals surface area contributed by atoms with Crippen molar-refractivity contribution in [2.75, 3.05) is 13.2 Å². The molecule has 0 radical (unpaired) electrons. The smallest absolute Gasteiger partial charge is 0.138 e. The Morgan fingerprint density at radius 2 is 2.05 bits per heavy atom. The number of likely N-dealkylation sites (tertiary alicyclic amines) is 1. The van der Waals surface area contributed by atoms with Crippen LogP contribution in [0.2, 0.25) is 0 Å². The number of benzene rings is 1. The van der Waals surface area contributed by atoms with E-state index in [1.807, 2.05) is 20.8 Å². The highest BCUT2D eigenvalue weighted by Gasteiger charge is 2.30. The molecule has 1 aromatic heterocycles. The summed E-state index contributed by atoms with van der Waals surface area (Å²) in [5.74, 6) is 1.90. The molecule has 0 spiro atoms. The van der Waals surface area contributed by atoms with Crippen molar-refractivity contribution in [3.05, 3.63) is 46.8 Å². The highest BCUT2D eigenvalue weighted by Crippen LogP contribution is 2.36. The molecule has 0 amide bonds. The normalized spacial score (nSPS) is 18.8. The molecular formula is C18H24N2O2. The molecule has 0 bridgehead atoms. The maximum Gasteiger partial charge on any atom is 0.138 e. The Kier molecular flexibility index (Phi) is 4.48. The second-order valence-electron chi connectivity index (χ2n) is 5.94. The van der Waals surface area contributed by atoms with Crippen molar-refractivity contribution < 1.29 is 9.26 Å². The van der Waals surface area contributed by atoms with E-state index >= 15 is 0 Å². The first-order chi connectivity index (χ1) is 10.7. The lowest BCUT2D eigenvalue weighted by atomic mass is 10.0. The van der Waals surface area contributed by atoms with Gasteiger partial charge in [0.15, 0.2) is 0 Å². The summed E-state index contributed by atoms with van der Waals surface area (Å²) in [6.07, 6.45) is 2.41. The van der Waals surface area contributed by atoms with Gasteiger partial charge in [0.25, 0.3) is 0 Å². The molecule has 1 fully saturated rings. The van der Waals surface area contributed by atoms with Crippen LogP contribution in [0.25, 0.3) is 0 Å². The molecule has 4 heteroatoms. The second-order valence-corrected chi connectivity index (χ2v) is 5.94. The average molecular weight is 300 g/mol. The van der Waals surface area contributed by atoms with Gasteiger partial charge in [-0.05, 0) is 57.9 Å². The average Bonchev–Trinajstić information content (AvgIpc) is 3.08. The van der Waals surface area contributed by atoms with Crippen LogP contribution in [0.15, 0.2) is 28.8 Å². The molecule has 0 aliphatic carbocycles. The number of hydrogen-bond donors (Lipinski definition) is 0. The van der Waals surface area contributed by atoms with E-state index in [9.17, 15) is 0 Å². The Bertz CT molecular complexity index is 599. The molecule has 2 heterocycles. The van der Waals surface area contributed by atoms with Crippen molar-refractivity contribution in [3.63, 3.8) is 0 Å². The van der Waals surface area contributed by atoms with Crippen molar-refractivity contribution in [1.29, 1.82) is 0 Å². The molecular weight excluding hydrogens is 276 g/mol. The minimum Gasteiger partial charge on any atom is -0.494 e. The molecule has 2 aromatic rings. The molecule has 0 N–H and O–H groups in total. The van der Waals surface area contributed by atoms with Gasteiger partial charge in [-0.25, -0.2) is 0 Å². The third-order valence-electron chi connectivity index (χ3n) is 4.41. The zero-order chi connectivity index (χ0) is 15.5. The van der Waals surface area contributed by atoms with Crippen LogP contribution in [0.3, 0.4) is 0 Å². The Hall–Kier alpha value is -1.81. The molecule has 1 atom stereocenters. The van der Waals surface area contributed by atoms with Crippen LogP contribution >= 0.6 is 0 Å². The predicted octanol–water partition coefficient (Wildman–Crippen LogP) is 4.03. The molecule has 1 saturated heterocycles. The number of ether oxygens (including phenoxy) is 1. The van der Waals surface area contributed by atoms with Crippen molar-refractivity contribution in [2.24, 2.45) is 0 Å². The van der Waals surface area contributed by atoms with Gasteiger partial charge in [0.1, 0.15) is 11.5 Å². The molecule has 1 aliphatic rings. The topological polar surface area (TPSA) is 38.5 Å². The van der Waals surface area contributed by atoms with Gasteiger partial charge in [0, 0.05) is 18.2 Å². The van der Waals surface area contributed by atoms with Crippen molar-refractivity contribution >= 4 is 0 Å². The monoisotopic (exact) mass is 300 g/mol. The Labute approximate surface area is 132 Å². The zero-order valence-electron chi connectivity index (χ0n) is 13.6. The van der Waals surface area contributed by atoms with Crippen molar-refractivity contribution in [1.82, 2.24) is 10.1 Å². The van der Waals surface area contributed by atoms with Crippen molar-refractivity contribution in [2.45, 2.75) is 46.2 Å². The summed E-state index contributed by atoms with van der Waals surface area (Å²) in [6.45, 7) is 8.86. The molecule has 0 unspecified atom stereocenters. The van der Waals surface area contributed by atoms with Crippen LogP contribution in [0.1, 0.15) is 48.4 Å². The van der Waals surface area contributed by atoms with E-state index in [0.29, 0.717) is 12.6 Å². The Morgan fingerprint density at radius 1 is 1.27 bits per heavy atom. The van der Waals surface area contributed by atoms with E-state index in [1.54, 1.807) is 0 Å². The van der Waals surface area contributed by atoms with Crippen molar-refractivity contribution in [3.8, 4) is 5.75 Å². The SMILES string of the molecule is CCOc1ccc(CN2CCC[C@H]2c2c(C)noc2C)cc1. The fourth-order valence-corrected chi connectivity index (χ4v) is 3.40. The van der Waals surface area contributed by atoms with Crippen LogP contribution in [0.5, 0.6) is 5.75 Å². The minimum atomic E-state index is 0.429. The molecule has 1 aliphatic heterocycles. The van der Waals surface area contributed by atoms with Gasteiger partial charge in [0.05, 0.1) is 12.3 Å². The Balaban J connectivity index is 1.74. The largest absolute Gasteiger partial charge is 0.494 e. The number of nitrogens with zero attached hydrogens (tertiary/aromatic N) is 2. The van der Waals surface area contributed by atoms with E-state index in [2.05, 4.69) is 34.3 Å². The summed E-state index contributed by atoms with van der Waals surface area (Å²) in [5, 5.41) is 4.12. The number of hydrogen-bond acceptors (Lipinski definition) is 4. The maximum atomic E-state index is 5.51. The quantitative estimate of drug-likeness (QED) is 0.835. The molecule has 118 valence electrons. The number of aromatic nitrogens is 1. The van der Waals surface area contributed by atoms with Crippen LogP contribution in [-0.2, 0) is 6.54 Å². The fourth-order valence-electron chi connectivity index (χ4n) is 3.40. The first kappa shape index (κ1) is 15.1. The summed E-state index contributed by atoms with van der Waals surface area (Å²) in [4.78, 5) is 2.53. The summed E-state index contributed by atoms with van der Waals surface area (Å²) < 4.78 is 10.9. The van der Waals surface area contributed by atoms with E-state index in [1.165, 1.54) is 24.0 Å². The highest BCUT2D eigenvalue weighted by atomic mass is 16.5. The van der Waals surface area contributed by atoms with Gasteiger partial charge >= 0.3 is 0 Å². The first-order valence-electron chi connectivity index (χ1n) is 8.07. The van der Waals surface area contributed by atoms with Crippen LogP contribution < -0.4 is 4.74 Å². The lowest BCUT2D eigenvalue weighted by Crippen LogP contribution is -2.23. The third kappa shape index (κ3) is 3.02. The highest BCUT2D eigenvalue weighted by molar-refractivity contribution is 5.29. The first-order valence-corrected chi connectivity index (χ1v) is 8.07. The molecule has 0 saturated carbocycles. The molecule has 1 aromatic carbocycles. The van der Waals surface area contributed by atoms with Gasteiger partial charge in [0.2, 0.25) is 0 Å². The molecule has 3 rings (SSSR count). The summed E-state index contributed by atoms with van der Waals surface area (Å²) in [6, 6.07) is 8.86. The third-order valence-corrected chi connectivity index (χ3v) is 4.41. The maximum absolute atomic E-state index is 5.51. The predicted molar refractivity (Wildman–Crippen MR) is 86.0 cm³/mol. The van der Waals surface area contributed by atoms with Crippen LogP contribution in [0.4, 0.5) is 0 Å². The van der Waals surface area contributed by atoms with Crippen LogP contribution in [0, 0.1) is 13.8 Å². The summed E-state index contributed by atoms with van der Waals surface area (Å²) in [5.41, 5.74) is 3.63. The van der Waals surface area contributed by atoms with Gasteiger partial charge in [-0.15, -0.1) is 0 Å². The van der Waals surface area contributed by atoms with E-state index < -0.39 is 0 Å². The second kappa shape index (κ2) is 6.53. The standard InChI is InChI=1S/C18H24N2O2/c1-4-21-16-9-7-15(8-10-16)12-20-11-5-6-17(20)18-13(2)19-22-14(18)3/h7-10,17H,4-6,11-12H2,1-3H3/t17-/m0/s1. The zero-order valence-corrected chi connectivity index (χ0v) is 13.6. The van der Waals surface area contributed by atoms with Gasteiger partial charge in [-0.1, -0.05) is 17.3 Å². The van der Waals surface area contributed by atoms with E-state index in [-0.39, 0.29) is 0 Å². The lowest BCUT2D eigenvalue weighted by molar-refractivity contribution is 0.245. The Morgan fingerprint density at radius 3 is 2.68 bits per heavy atom. The number of aryl methyl sites for hydroxylation is 2. The lowest BCUT2D eigenvalue weighted by Gasteiger charge is -2.24. The van der Waals surface area contributed by atoms with Gasteiger partial charge in [-0.2, -0.15) is 0 Å². The summed E-state index contributed by atoms with van der Waals surface area (Å²) in [7, 11) is 0. The molecule has 22 heavy (non-hydrogen) atoms. The van der Waals surface area contributed by atoms with Gasteiger partial charge < -0.3 is 9.26 Å². The van der Waals surface area contributed by atoms with Crippen LogP contribution in [-0.4, -0.2) is 23.2 Å². The number of rotatable bonds is 5. The summed E-state index contributed by atoms with van der Waals surface area (Å²) >= 11 is 0. The fraction of sp³-hybridized carbons (Fsp3) is 0.500. The van der Waals surface area contributed by atoms with E-state index in [4.69, 9.17) is 9.26 Å². The molecule has 4 nitrogen and oxygen atoms in total. The van der Waals surface area contributed by atoms with Gasteiger partial charge in [-0.3, -0.25) is 4.90 Å².